The minimum Gasteiger partial charge on any atom is -0.467 e. The lowest BCUT2D eigenvalue weighted by molar-refractivity contribution is -0.146. The molecular formula is C29H57ClO15. The molecule has 0 rings (SSSR count). The van der Waals surface area contributed by atoms with Gasteiger partial charge in [0.05, 0.1) is 172 Å². The fourth-order valence-corrected chi connectivity index (χ4v) is 3.02. The molecule has 15 nitrogen and oxygen atoms in total. The molecule has 0 saturated heterocycles. The Bertz CT molecular complexity index is 566. The van der Waals surface area contributed by atoms with Crippen LogP contribution in [0.2, 0.25) is 0 Å². The monoisotopic (exact) mass is 680 g/mol. The van der Waals surface area contributed by atoms with Crippen LogP contribution < -0.4 is 0 Å². The Hall–Kier alpha value is -0.760. The molecule has 0 fully saturated rings. The van der Waals surface area contributed by atoms with Gasteiger partial charge in [0.15, 0.2) is 0 Å². The number of hydrogen-bond donors (Lipinski definition) is 0. The molecule has 0 aliphatic heterocycles. The smallest absolute Gasteiger partial charge is 0.331 e. The molecule has 0 aliphatic rings. The molecule has 0 radical (unpaired) electrons. The van der Waals surface area contributed by atoms with Crippen LogP contribution in [0.15, 0.2) is 0 Å². The molecule has 0 aromatic carbocycles. The van der Waals surface area contributed by atoms with E-state index in [1.165, 1.54) is 7.11 Å². The second-order valence-electron chi connectivity index (χ2n) is 8.67. The maximum absolute atomic E-state index is 10.9. The average molecular weight is 681 g/mol. The lowest BCUT2D eigenvalue weighted by Crippen LogP contribution is -2.16. The number of ether oxygens (including phenoxy) is 14. The summed E-state index contributed by atoms with van der Waals surface area (Å²) in [6.07, 6.45) is 0. The standard InChI is InChI=1S/C29H57ClO15/c1-32-29(31)28-45-27-26-44-25-24-43-23-22-42-21-20-41-19-18-40-17-16-39-15-14-38-13-12-37-11-10-36-9-8-35-7-6-34-5-4-33-3-2-30/h2-28H2,1H3. The van der Waals surface area contributed by atoms with Crippen LogP contribution in [-0.4, -0.2) is 191 Å². The van der Waals surface area contributed by atoms with E-state index in [9.17, 15) is 4.79 Å². The summed E-state index contributed by atoms with van der Waals surface area (Å²) in [5.74, 6) is 0.0845. The quantitative estimate of drug-likeness (QED) is 0.0506. The Labute approximate surface area is 273 Å². The maximum atomic E-state index is 10.9. The first-order chi connectivity index (χ1) is 22.3. The van der Waals surface area contributed by atoms with E-state index < -0.39 is 5.97 Å². The predicted octanol–water partition coefficient (Wildman–Crippen LogP) is 0.614. The summed E-state index contributed by atoms with van der Waals surface area (Å²) in [7, 11) is 1.31. The van der Waals surface area contributed by atoms with Crippen molar-refractivity contribution >= 4 is 17.6 Å². The van der Waals surface area contributed by atoms with Crippen LogP contribution >= 0.6 is 11.6 Å². The largest absolute Gasteiger partial charge is 0.467 e. The number of halogens is 1. The second kappa shape index (κ2) is 41.3. The van der Waals surface area contributed by atoms with E-state index in [1.54, 1.807) is 0 Å². The zero-order chi connectivity index (χ0) is 32.6. The van der Waals surface area contributed by atoms with Crippen LogP contribution in [0.3, 0.4) is 0 Å². The van der Waals surface area contributed by atoms with Gasteiger partial charge < -0.3 is 66.3 Å². The van der Waals surface area contributed by atoms with Gasteiger partial charge >= 0.3 is 5.97 Å². The van der Waals surface area contributed by atoms with Crippen LogP contribution in [0.25, 0.3) is 0 Å². The van der Waals surface area contributed by atoms with Gasteiger partial charge in [0.2, 0.25) is 0 Å². The van der Waals surface area contributed by atoms with Gasteiger partial charge in [-0.15, -0.1) is 11.6 Å². The number of alkyl halides is 1. The van der Waals surface area contributed by atoms with Crippen LogP contribution in [-0.2, 0) is 71.1 Å². The molecule has 0 aromatic rings. The number of rotatable bonds is 40. The molecule has 0 aliphatic carbocycles. The normalized spacial score (nSPS) is 11.4. The number of hydrogen-bond acceptors (Lipinski definition) is 15. The van der Waals surface area contributed by atoms with Crippen molar-refractivity contribution in [2.75, 3.05) is 185 Å². The zero-order valence-corrected chi connectivity index (χ0v) is 27.8. The Balaban J connectivity index is 3.05. The fraction of sp³-hybridized carbons (Fsp3) is 0.966. The molecular weight excluding hydrogens is 624 g/mol. The van der Waals surface area contributed by atoms with E-state index in [0.717, 1.165) is 0 Å². The first-order valence-corrected chi connectivity index (χ1v) is 16.0. The second-order valence-corrected chi connectivity index (χ2v) is 9.04. The number of carbonyl (C=O) groups excluding carboxylic acids is 1. The van der Waals surface area contributed by atoms with Crippen molar-refractivity contribution in [2.45, 2.75) is 0 Å². The van der Waals surface area contributed by atoms with E-state index in [-0.39, 0.29) is 6.61 Å². The molecule has 0 atom stereocenters. The van der Waals surface area contributed by atoms with Crippen LogP contribution in [0.5, 0.6) is 0 Å². The highest BCUT2D eigenvalue weighted by Crippen LogP contribution is 1.88. The summed E-state index contributed by atoms with van der Waals surface area (Å²) in [6.45, 7) is 12.2. The first kappa shape index (κ1) is 44.2. The molecule has 16 heteroatoms. The van der Waals surface area contributed by atoms with Crippen LogP contribution in [0.1, 0.15) is 0 Å². The zero-order valence-electron chi connectivity index (χ0n) is 27.1. The van der Waals surface area contributed by atoms with Crippen LogP contribution in [0.4, 0.5) is 0 Å². The topological polar surface area (TPSA) is 146 Å². The summed E-state index contributed by atoms with van der Waals surface area (Å²) in [6, 6.07) is 0. The van der Waals surface area contributed by atoms with Crippen molar-refractivity contribution in [2.24, 2.45) is 0 Å². The molecule has 0 N–H and O–H groups in total. The highest BCUT2D eigenvalue weighted by molar-refractivity contribution is 6.17. The Morgan fingerprint density at radius 3 is 0.689 bits per heavy atom. The molecule has 270 valence electrons. The highest BCUT2D eigenvalue weighted by atomic mass is 35.5. The van der Waals surface area contributed by atoms with Gasteiger partial charge in [-0.1, -0.05) is 0 Å². The summed E-state index contributed by atoms with van der Waals surface area (Å²) in [5.41, 5.74) is 0. The van der Waals surface area contributed by atoms with E-state index >= 15 is 0 Å². The van der Waals surface area contributed by atoms with Crippen molar-refractivity contribution in [3.8, 4) is 0 Å². The van der Waals surface area contributed by atoms with Gasteiger partial charge in [-0.3, -0.25) is 0 Å². The maximum Gasteiger partial charge on any atom is 0.331 e. The summed E-state index contributed by atoms with van der Waals surface area (Å²) in [4.78, 5) is 10.9. The van der Waals surface area contributed by atoms with Gasteiger partial charge in [-0.2, -0.15) is 0 Å². The Kier molecular flexibility index (Phi) is 40.6. The molecule has 0 spiro atoms. The lowest BCUT2D eigenvalue weighted by atomic mass is 10.6. The van der Waals surface area contributed by atoms with Gasteiger partial charge in [-0.25, -0.2) is 4.79 Å². The molecule has 0 amide bonds. The average Bonchev–Trinajstić information content (AvgIpc) is 3.05. The van der Waals surface area contributed by atoms with Crippen molar-refractivity contribution < 1.29 is 71.1 Å². The number of carbonyl (C=O) groups is 1. The molecule has 0 bridgehead atoms. The molecule has 0 unspecified atom stereocenters. The van der Waals surface area contributed by atoms with E-state index in [1.807, 2.05) is 0 Å². The van der Waals surface area contributed by atoms with Gasteiger partial charge in [0, 0.05) is 5.88 Å². The summed E-state index contributed by atoms with van der Waals surface area (Å²) in [5, 5.41) is 0. The van der Waals surface area contributed by atoms with Gasteiger partial charge in [-0.05, 0) is 0 Å². The molecule has 0 aromatic heterocycles. The SMILES string of the molecule is COC(=O)COCCOCCOCCOCCOCCOCCOCCOCCOCCOCCOCCOCCOCCCl. The van der Waals surface area contributed by atoms with Crippen molar-refractivity contribution in [3.63, 3.8) is 0 Å². The predicted molar refractivity (Wildman–Crippen MR) is 163 cm³/mol. The number of esters is 1. The third-order valence-corrected chi connectivity index (χ3v) is 5.29. The Morgan fingerprint density at radius 1 is 0.333 bits per heavy atom. The highest BCUT2D eigenvalue weighted by Gasteiger charge is 1.99. The van der Waals surface area contributed by atoms with Gasteiger partial charge in [0.1, 0.15) is 6.61 Å². The van der Waals surface area contributed by atoms with Crippen LogP contribution in [0, 0.1) is 0 Å². The minimum atomic E-state index is -0.409. The summed E-state index contributed by atoms with van der Waals surface area (Å²) >= 11 is 5.51. The molecule has 45 heavy (non-hydrogen) atoms. The minimum absolute atomic E-state index is 0.0718. The first-order valence-electron chi connectivity index (χ1n) is 15.4. The summed E-state index contributed by atoms with van der Waals surface area (Å²) < 4.78 is 74.4. The molecule has 0 saturated carbocycles. The van der Waals surface area contributed by atoms with E-state index in [0.29, 0.717) is 171 Å². The van der Waals surface area contributed by atoms with E-state index in [2.05, 4.69) is 4.74 Å². The third-order valence-electron chi connectivity index (χ3n) is 5.13. The third kappa shape index (κ3) is 41.2. The lowest BCUT2D eigenvalue weighted by Gasteiger charge is -2.09. The Morgan fingerprint density at radius 2 is 0.511 bits per heavy atom. The number of methoxy groups -OCH3 is 1. The fourth-order valence-electron chi connectivity index (χ4n) is 2.91. The van der Waals surface area contributed by atoms with E-state index in [4.69, 9.17) is 73.2 Å². The molecule has 0 heterocycles. The van der Waals surface area contributed by atoms with Gasteiger partial charge in [0.25, 0.3) is 0 Å². The van der Waals surface area contributed by atoms with Crippen molar-refractivity contribution in [1.82, 2.24) is 0 Å². The van der Waals surface area contributed by atoms with Crippen molar-refractivity contribution in [3.05, 3.63) is 0 Å². The van der Waals surface area contributed by atoms with Crippen molar-refractivity contribution in [1.29, 1.82) is 0 Å².